The van der Waals surface area contributed by atoms with E-state index in [1.807, 2.05) is 6.92 Å². The molecule has 0 saturated carbocycles. The lowest BCUT2D eigenvalue weighted by Crippen LogP contribution is -2.33. The van der Waals surface area contributed by atoms with Gasteiger partial charge in [0.15, 0.2) is 5.03 Å². The number of aromatic nitrogens is 2. The maximum atomic E-state index is 11.9. The summed E-state index contributed by atoms with van der Waals surface area (Å²) in [5, 5.41) is 9.21. The van der Waals surface area contributed by atoms with Crippen LogP contribution in [0.2, 0.25) is 0 Å². The zero-order valence-electron chi connectivity index (χ0n) is 9.64. The zero-order valence-corrected chi connectivity index (χ0v) is 10.5. The van der Waals surface area contributed by atoms with Gasteiger partial charge in [0.2, 0.25) is 0 Å². The highest BCUT2D eigenvalue weighted by Crippen LogP contribution is 2.12. The molecule has 1 unspecified atom stereocenters. The Kier molecular flexibility index (Phi) is 4.06. The van der Waals surface area contributed by atoms with Gasteiger partial charge in [0.1, 0.15) is 5.82 Å². The minimum atomic E-state index is -3.57. The van der Waals surface area contributed by atoms with Crippen molar-refractivity contribution in [3.05, 3.63) is 12.0 Å². The number of aliphatic hydroxyl groups is 1. The Morgan fingerprint density at radius 1 is 1.62 bits per heavy atom. The Morgan fingerprint density at radius 2 is 2.25 bits per heavy atom. The highest BCUT2D eigenvalue weighted by Gasteiger charge is 2.23. The number of nitrogens with one attached hydrogen (secondary N) is 1. The van der Waals surface area contributed by atoms with Crippen LogP contribution in [0.1, 0.15) is 19.7 Å². The van der Waals surface area contributed by atoms with E-state index in [1.165, 1.54) is 20.2 Å². The molecule has 92 valence electrons. The molecule has 1 rings (SSSR count). The summed E-state index contributed by atoms with van der Waals surface area (Å²) in [4.78, 5) is 6.67. The van der Waals surface area contributed by atoms with Crippen LogP contribution >= 0.6 is 0 Å². The standard InChI is InChI=1S/C9H17N3O3S/c1-4-8-10-5-9(11-8)16(14,15)12(3)6-7(2)13/h5,7,13H,4,6H2,1-3H3,(H,10,11). The molecule has 0 fully saturated rings. The third-order valence-corrected chi connectivity index (χ3v) is 3.88. The predicted molar refractivity (Wildman–Crippen MR) is 59.5 cm³/mol. The Morgan fingerprint density at radius 3 is 2.69 bits per heavy atom. The van der Waals surface area contributed by atoms with Gasteiger partial charge in [-0.15, -0.1) is 0 Å². The van der Waals surface area contributed by atoms with Gasteiger partial charge in [0.05, 0.1) is 12.3 Å². The van der Waals surface area contributed by atoms with E-state index in [-0.39, 0.29) is 11.6 Å². The molecular weight excluding hydrogens is 230 g/mol. The number of hydrogen-bond donors (Lipinski definition) is 2. The third-order valence-electron chi connectivity index (χ3n) is 2.15. The van der Waals surface area contributed by atoms with Crippen LogP contribution in [0.3, 0.4) is 0 Å². The second-order valence-electron chi connectivity index (χ2n) is 3.68. The molecule has 1 atom stereocenters. The average molecular weight is 247 g/mol. The summed E-state index contributed by atoms with van der Waals surface area (Å²) in [6, 6.07) is 0. The second-order valence-corrected chi connectivity index (χ2v) is 5.70. The molecule has 0 aliphatic rings. The van der Waals surface area contributed by atoms with E-state index in [9.17, 15) is 8.42 Å². The largest absolute Gasteiger partial charge is 0.392 e. The number of aliphatic hydroxyl groups excluding tert-OH is 1. The average Bonchev–Trinajstić information content (AvgIpc) is 2.65. The monoisotopic (exact) mass is 247 g/mol. The summed E-state index contributed by atoms with van der Waals surface area (Å²) < 4.78 is 25.0. The third kappa shape index (κ3) is 2.81. The molecule has 1 heterocycles. The number of likely N-dealkylation sites (N-methyl/N-ethyl adjacent to an activating group) is 1. The Labute approximate surface area is 95.4 Å². The summed E-state index contributed by atoms with van der Waals surface area (Å²) >= 11 is 0. The van der Waals surface area contributed by atoms with Crippen molar-refractivity contribution >= 4 is 10.0 Å². The van der Waals surface area contributed by atoms with E-state index in [2.05, 4.69) is 9.97 Å². The quantitative estimate of drug-likeness (QED) is 0.765. The van der Waals surface area contributed by atoms with Crippen molar-refractivity contribution in [1.82, 2.24) is 14.3 Å². The van der Waals surface area contributed by atoms with Crippen molar-refractivity contribution in [3.8, 4) is 0 Å². The molecule has 7 heteroatoms. The number of nitrogens with zero attached hydrogens (tertiary/aromatic N) is 2. The van der Waals surface area contributed by atoms with Crippen LogP contribution in [0.5, 0.6) is 0 Å². The number of aryl methyl sites for hydroxylation is 1. The molecule has 2 N–H and O–H groups in total. The van der Waals surface area contributed by atoms with Crippen molar-refractivity contribution in [2.75, 3.05) is 13.6 Å². The Hall–Kier alpha value is -0.920. The number of aromatic amines is 1. The smallest absolute Gasteiger partial charge is 0.259 e. The Bertz CT molecular complexity index is 439. The molecule has 0 spiro atoms. The summed E-state index contributed by atoms with van der Waals surface area (Å²) in [6.45, 7) is 3.48. The van der Waals surface area contributed by atoms with E-state index < -0.39 is 16.1 Å². The molecule has 1 aromatic rings. The van der Waals surface area contributed by atoms with Crippen LogP contribution in [0.15, 0.2) is 11.2 Å². The first-order valence-electron chi connectivity index (χ1n) is 5.06. The van der Waals surface area contributed by atoms with Gasteiger partial charge in [-0.1, -0.05) is 6.92 Å². The van der Waals surface area contributed by atoms with Gasteiger partial charge in [-0.25, -0.2) is 13.4 Å². The van der Waals surface area contributed by atoms with Gasteiger partial charge in [0, 0.05) is 20.0 Å². The van der Waals surface area contributed by atoms with E-state index in [0.29, 0.717) is 12.2 Å². The first kappa shape index (κ1) is 13.1. The highest BCUT2D eigenvalue weighted by molar-refractivity contribution is 7.89. The topological polar surface area (TPSA) is 86.3 Å². The number of rotatable bonds is 5. The molecule has 6 nitrogen and oxygen atoms in total. The lowest BCUT2D eigenvalue weighted by atomic mass is 10.4. The fraction of sp³-hybridized carbons (Fsp3) is 0.667. The molecule has 16 heavy (non-hydrogen) atoms. The minimum Gasteiger partial charge on any atom is -0.392 e. The van der Waals surface area contributed by atoms with E-state index >= 15 is 0 Å². The number of imidazole rings is 1. The van der Waals surface area contributed by atoms with Gasteiger partial charge >= 0.3 is 0 Å². The first-order valence-corrected chi connectivity index (χ1v) is 6.50. The van der Waals surface area contributed by atoms with E-state index in [1.54, 1.807) is 0 Å². The summed E-state index contributed by atoms with van der Waals surface area (Å²) in [5.74, 6) is 0.629. The van der Waals surface area contributed by atoms with Gasteiger partial charge in [-0.3, -0.25) is 0 Å². The van der Waals surface area contributed by atoms with Crippen LogP contribution in [-0.2, 0) is 16.4 Å². The number of sulfonamides is 1. The number of H-pyrrole nitrogens is 1. The summed E-state index contributed by atoms with van der Waals surface area (Å²) in [6.07, 6.45) is 1.25. The molecular formula is C9H17N3O3S. The maximum absolute atomic E-state index is 11.9. The van der Waals surface area contributed by atoms with Crippen molar-refractivity contribution in [1.29, 1.82) is 0 Å². The molecule has 0 saturated heterocycles. The van der Waals surface area contributed by atoms with Gasteiger partial charge in [-0.2, -0.15) is 4.31 Å². The van der Waals surface area contributed by atoms with Crippen molar-refractivity contribution < 1.29 is 13.5 Å². The predicted octanol–water partition coefficient (Wildman–Crippen LogP) is -0.0266. The van der Waals surface area contributed by atoms with Crippen molar-refractivity contribution in [2.45, 2.75) is 31.4 Å². The van der Waals surface area contributed by atoms with Gasteiger partial charge < -0.3 is 10.1 Å². The van der Waals surface area contributed by atoms with Crippen LogP contribution in [0.4, 0.5) is 0 Å². The minimum absolute atomic E-state index is 0.0583. The lowest BCUT2D eigenvalue weighted by Gasteiger charge is -2.17. The van der Waals surface area contributed by atoms with E-state index in [4.69, 9.17) is 5.11 Å². The summed E-state index contributed by atoms with van der Waals surface area (Å²) in [5.41, 5.74) is 0. The van der Waals surface area contributed by atoms with Crippen LogP contribution < -0.4 is 0 Å². The molecule has 0 aliphatic carbocycles. The molecule has 0 radical (unpaired) electrons. The maximum Gasteiger partial charge on any atom is 0.259 e. The Balaban J connectivity index is 2.92. The number of hydrogen-bond acceptors (Lipinski definition) is 4. The second kappa shape index (κ2) is 4.94. The molecule has 0 bridgehead atoms. The van der Waals surface area contributed by atoms with Gasteiger partial charge in [0.25, 0.3) is 10.0 Å². The van der Waals surface area contributed by atoms with Gasteiger partial charge in [-0.05, 0) is 6.92 Å². The van der Waals surface area contributed by atoms with Crippen molar-refractivity contribution in [3.63, 3.8) is 0 Å². The van der Waals surface area contributed by atoms with Crippen molar-refractivity contribution in [2.24, 2.45) is 0 Å². The van der Waals surface area contributed by atoms with Crippen LogP contribution in [0.25, 0.3) is 0 Å². The molecule has 0 amide bonds. The lowest BCUT2D eigenvalue weighted by molar-refractivity contribution is 0.171. The fourth-order valence-electron chi connectivity index (χ4n) is 1.29. The fourth-order valence-corrected chi connectivity index (χ4v) is 2.47. The molecule has 0 aliphatic heterocycles. The molecule has 0 aromatic carbocycles. The van der Waals surface area contributed by atoms with E-state index in [0.717, 1.165) is 4.31 Å². The molecule has 1 aromatic heterocycles. The summed E-state index contributed by atoms with van der Waals surface area (Å²) in [7, 11) is -2.14. The highest BCUT2D eigenvalue weighted by atomic mass is 32.2. The van der Waals surface area contributed by atoms with Crippen LogP contribution in [0, 0.1) is 0 Å². The normalized spacial score (nSPS) is 14.3. The van der Waals surface area contributed by atoms with Crippen LogP contribution in [-0.4, -0.2) is 47.5 Å². The first-order chi connectivity index (χ1) is 7.37. The SMILES string of the molecule is CCc1ncc(S(=O)(=O)N(C)CC(C)O)[nH]1. The zero-order chi connectivity index (χ0) is 12.3.